The first-order valence-corrected chi connectivity index (χ1v) is 6.26. The van der Waals surface area contributed by atoms with Crippen LogP contribution in [0.3, 0.4) is 0 Å². The second kappa shape index (κ2) is 6.75. The highest BCUT2D eigenvalue weighted by Gasteiger charge is 2.01. The van der Waals surface area contributed by atoms with Gasteiger partial charge in [-0.25, -0.2) is 9.78 Å². The van der Waals surface area contributed by atoms with Crippen LogP contribution in [0.1, 0.15) is 12.2 Å². The summed E-state index contributed by atoms with van der Waals surface area (Å²) in [5.41, 5.74) is 0.706. The van der Waals surface area contributed by atoms with Gasteiger partial charge >= 0.3 is 6.03 Å². The number of amides is 2. The van der Waals surface area contributed by atoms with Crippen LogP contribution < -0.4 is 10.6 Å². The maximum Gasteiger partial charge on any atom is 0.319 e. The maximum atomic E-state index is 11.6. The number of aryl methyl sites for hydroxylation is 1. The van der Waals surface area contributed by atoms with Gasteiger partial charge in [-0.15, -0.1) is 0 Å². The number of hydrogen-bond acceptors (Lipinski definition) is 3. The fourth-order valence-electron chi connectivity index (χ4n) is 1.52. The maximum absolute atomic E-state index is 11.6. The SMILES string of the molecule is O=C(NCCCc1ncn[nH]1)Nc1ccc(Cl)cc1. The molecule has 0 saturated carbocycles. The third-order valence-corrected chi connectivity index (χ3v) is 2.69. The van der Waals surface area contributed by atoms with Gasteiger partial charge in [-0.2, -0.15) is 5.10 Å². The molecule has 0 aliphatic carbocycles. The molecule has 2 amide bonds. The summed E-state index contributed by atoms with van der Waals surface area (Å²) < 4.78 is 0. The Hall–Kier alpha value is -2.08. The van der Waals surface area contributed by atoms with Crippen LogP contribution in [-0.2, 0) is 6.42 Å². The molecule has 1 heterocycles. The van der Waals surface area contributed by atoms with E-state index >= 15 is 0 Å². The van der Waals surface area contributed by atoms with Crippen molar-refractivity contribution in [1.82, 2.24) is 20.5 Å². The Morgan fingerprint density at radius 3 is 2.79 bits per heavy atom. The number of urea groups is 1. The van der Waals surface area contributed by atoms with E-state index in [-0.39, 0.29) is 6.03 Å². The van der Waals surface area contributed by atoms with Crippen molar-refractivity contribution in [2.45, 2.75) is 12.8 Å². The van der Waals surface area contributed by atoms with Gasteiger partial charge in [0.1, 0.15) is 12.2 Å². The minimum absolute atomic E-state index is 0.236. The Labute approximate surface area is 115 Å². The average Bonchev–Trinajstić information content (AvgIpc) is 2.91. The first-order chi connectivity index (χ1) is 9.24. The zero-order chi connectivity index (χ0) is 13.5. The molecule has 6 nitrogen and oxygen atoms in total. The van der Waals surface area contributed by atoms with Crippen molar-refractivity contribution < 1.29 is 4.79 Å². The van der Waals surface area contributed by atoms with E-state index in [2.05, 4.69) is 25.8 Å². The first-order valence-electron chi connectivity index (χ1n) is 5.89. The average molecular weight is 280 g/mol. The summed E-state index contributed by atoms with van der Waals surface area (Å²) in [4.78, 5) is 15.6. The van der Waals surface area contributed by atoms with Crippen molar-refractivity contribution in [3.63, 3.8) is 0 Å². The predicted octanol–water partition coefficient (Wildman–Crippen LogP) is 2.21. The number of anilines is 1. The summed E-state index contributed by atoms with van der Waals surface area (Å²) in [7, 11) is 0. The van der Waals surface area contributed by atoms with Gasteiger partial charge in [0.05, 0.1) is 0 Å². The highest BCUT2D eigenvalue weighted by molar-refractivity contribution is 6.30. The van der Waals surface area contributed by atoms with Crippen molar-refractivity contribution in [2.75, 3.05) is 11.9 Å². The molecule has 7 heteroatoms. The Balaban J connectivity index is 1.65. The number of nitrogens with zero attached hydrogens (tertiary/aromatic N) is 2. The van der Waals surface area contributed by atoms with E-state index in [1.54, 1.807) is 24.3 Å². The van der Waals surface area contributed by atoms with E-state index in [0.717, 1.165) is 18.7 Å². The van der Waals surface area contributed by atoms with Crippen molar-refractivity contribution in [1.29, 1.82) is 0 Å². The van der Waals surface area contributed by atoms with Gasteiger partial charge < -0.3 is 10.6 Å². The number of H-pyrrole nitrogens is 1. The van der Waals surface area contributed by atoms with E-state index < -0.39 is 0 Å². The molecule has 19 heavy (non-hydrogen) atoms. The highest BCUT2D eigenvalue weighted by atomic mass is 35.5. The fourth-order valence-corrected chi connectivity index (χ4v) is 1.64. The van der Waals surface area contributed by atoms with Gasteiger partial charge in [-0.05, 0) is 30.7 Å². The Morgan fingerprint density at radius 2 is 2.11 bits per heavy atom. The van der Waals surface area contributed by atoms with Crippen LogP contribution in [0, 0.1) is 0 Å². The molecule has 1 aromatic heterocycles. The molecule has 2 aromatic rings. The smallest absolute Gasteiger partial charge is 0.319 e. The van der Waals surface area contributed by atoms with E-state index in [4.69, 9.17) is 11.6 Å². The van der Waals surface area contributed by atoms with Crippen LogP contribution in [0.25, 0.3) is 0 Å². The summed E-state index contributed by atoms with van der Waals surface area (Å²) in [6.07, 6.45) is 3.01. The number of hydrogen-bond donors (Lipinski definition) is 3. The number of nitrogens with one attached hydrogen (secondary N) is 3. The standard InChI is InChI=1S/C12H14ClN5O/c13-9-3-5-10(6-4-9)17-12(19)14-7-1-2-11-15-8-16-18-11/h3-6,8H,1-2,7H2,(H2,14,17,19)(H,15,16,18). The molecule has 1 aromatic carbocycles. The molecule has 0 spiro atoms. The lowest BCUT2D eigenvalue weighted by molar-refractivity contribution is 0.252. The number of carbonyl (C=O) groups is 1. The monoisotopic (exact) mass is 279 g/mol. The molecule has 0 aliphatic rings. The van der Waals surface area contributed by atoms with Gasteiger partial charge in [-0.1, -0.05) is 11.6 Å². The van der Waals surface area contributed by atoms with Crippen molar-refractivity contribution in [2.24, 2.45) is 0 Å². The minimum Gasteiger partial charge on any atom is -0.338 e. The molecule has 3 N–H and O–H groups in total. The molecule has 0 bridgehead atoms. The fraction of sp³-hybridized carbons (Fsp3) is 0.250. The van der Waals surface area contributed by atoms with Crippen molar-refractivity contribution in [3.8, 4) is 0 Å². The number of aromatic nitrogens is 3. The molecule has 0 unspecified atom stereocenters. The quantitative estimate of drug-likeness (QED) is 0.734. The van der Waals surface area contributed by atoms with Gasteiger partial charge in [0.15, 0.2) is 0 Å². The highest BCUT2D eigenvalue weighted by Crippen LogP contribution is 2.12. The summed E-state index contributed by atoms with van der Waals surface area (Å²) in [6.45, 7) is 0.570. The lowest BCUT2D eigenvalue weighted by Gasteiger charge is -2.07. The lowest BCUT2D eigenvalue weighted by Crippen LogP contribution is -2.29. The summed E-state index contributed by atoms with van der Waals surface area (Å²) in [5.74, 6) is 0.819. The third-order valence-electron chi connectivity index (χ3n) is 2.44. The number of aromatic amines is 1. The van der Waals surface area contributed by atoms with Gasteiger partial charge in [0.2, 0.25) is 0 Å². The lowest BCUT2D eigenvalue weighted by atomic mass is 10.3. The van der Waals surface area contributed by atoms with Crippen molar-refractivity contribution >= 4 is 23.3 Å². The van der Waals surface area contributed by atoms with Crippen LogP contribution in [-0.4, -0.2) is 27.8 Å². The van der Waals surface area contributed by atoms with Crippen LogP contribution in [0.15, 0.2) is 30.6 Å². The molecular formula is C12H14ClN5O. The molecule has 0 fully saturated rings. The van der Waals surface area contributed by atoms with Gasteiger partial charge in [0, 0.05) is 23.7 Å². The van der Waals surface area contributed by atoms with Gasteiger partial charge in [-0.3, -0.25) is 5.10 Å². The van der Waals surface area contributed by atoms with E-state index in [9.17, 15) is 4.79 Å². The largest absolute Gasteiger partial charge is 0.338 e. The Morgan fingerprint density at radius 1 is 1.32 bits per heavy atom. The Kier molecular flexibility index (Phi) is 4.74. The molecule has 2 rings (SSSR count). The first kappa shape index (κ1) is 13.4. The zero-order valence-electron chi connectivity index (χ0n) is 10.2. The van der Waals surface area contributed by atoms with Crippen LogP contribution in [0.4, 0.5) is 10.5 Å². The number of halogens is 1. The second-order valence-corrected chi connectivity index (χ2v) is 4.36. The van der Waals surface area contributed by atoms with E-state index in [1.807, 2.05) is 0 Å². The van der Waals surface area contributed by atoms with E-state index in [0.29, 0.717) is 17.3 Å². The topological polar surface area (TPSA) is 82.7 Å². The second-order valence-electron chi connectivity index (χ2n) is 3.92. The van der Waals surface area contributed by atoms with Gasteiger partial charge in [0.25, 0.3) is 0 Å². The van der Waals surface area contributed by atoms with Crippen LogP contribution in [0.5, 0.6) is 0 Å². The van der Waals surface area contributed by atoms with Crippen LogP contribution in [0.2, 0.25) is 5.02 Å². The third kappa shape index (κ3) is 4.59. The van der Waals surface area contributed by atoms with Crippen molar-refractivity contribution in [3.05, 3.63) is 41.4 Å². The van der Waals surface area contributed by atoms with Crippen LogP contribution >= 0.6 is 11.6 Å². The number of carbonyl (C=O) groups excluding carboxylic acids is 1. The number of rotatable bonds is 5. The number of benzene rings is 1. The molecule has 0 radical (unpaired) electrons. The molecule has 0 saturated heterocycles. The molecule has 100 valence electrons. The summed E-state index contributed by atoms with van der Waals surface area (Å²) >= 11 is 5.76. The predicted molar refractivity (Wildman–Crippen MR) is 73.2 cm³/mol. The minimum atomic E-state index is -0.236. The normalized spacial score (nSPS) is 10.2. The molecule has 0 atom stereocenters. The summed E-state index contributed by atoms with van der Waals surface area (Å²) in [5, 5.41) is 12.6. The Bertz CT molecular complexity index is 511. The molecule has 0 aliphatic heterocycles. The zero-order valence-corrected chi connectivity index (χ0v) is 10.9. The van der Waals surface area contributed by atoms with E-state index in [1.165, 1.54) is 6.33 Å². The molecular weight excluding hydrogens is 266 g/mol. The summed E-state index contributed by atoms with van der Waals surface area (Å²) in [6, 6.07) is 6.70.